The number of rotatable bonds is 3. The van der Waals surface area contributed by atoms with E-state index < -0.39 is 0 Å². The molecule has 0 unspecified atom stereocenters. The third kappa shape index (κ3) is 4.10. The summed E-state index contributed by atoms with van der Waals surface area (Å²) in [7, 11) is 0. The fraction of sp³-hybridized carbons (Fsp3) is 0. The zero-order valence-corrected chi connectivity index (χ0v) is 25.6. The third-order valence-corrected chi connectivity index (χ3v) is 9.81. The summed E-state index contributed by atoms with van der Waals surface area (Å²) >= 11 is 0. The molecule has 0 aliphatic rings. The molecule has 0 radical (unpaired) electrons. The molecule has 0 saturated heterocycles. The fourth-order valence-corrected chi connectivity index (χ4v) is 7.58. The second-order valence-electron chi connectivity index (χ2n) is 12.5. The van der Waals surface area contributed by atoms with Crippen LogP contribution in [-0.4, -0.2) is 0 Å². The molecule has 0 fully saturated rings. The molecule has 10 aromatic rings. The molecule has 0 aliphatic carbocycles. The summed E-state index contributed by atoms with van der Waals surface area (Å²) in [5.74, 6) is 0. The first-order chi connectivity index (χ1) is 23.3. The van der Waals surface area contributed by atoms with Gasteiger partial charge in [-0.25, -0.2) is 0 Å². The lowest BCUT2D eigenvalue weighted by Gasteiger charge is -2.15. The molecule has 0 saturated carbocycles. The van der Waals surface area contributed by atoms with Gasteiger partial charge in [0.2, 0.25) is 0 Å². The standard InChI is InChI=1S/C46H28O/c1-2-11-34-28-44-42(26-33(34)10-1)46-38(17-8-18-43(46)47-44)31-21-19-29(20-22-31)32-13-7-14-36(25-32)45-39-16-6-4-12-35(39)27-41-37-15-5-3-9-30(37)23-24-40(41)45/h1-28H. The van der Waals surface area contributed by atoms with E-state index in [1.165, 1.54) is 81.9 Å². The lowest BCUT2D eigenvalue weighted by atomic mass is 9.88. The Balaban J connectivity index is 1.10. The predicted octanol–water partition coefficient (Wildman–Crippen LogP) is 13.2. The van der Waals surface area contributed by atoms with Gasteiger partial charge in [0, 0.05) is 10.8 Å². The summed E-state index contributed by atoms with van der Waals surface area (Å²) in [5, 5.41) is 12.4. The molecule has 0 atom stereocenters. The van der Waals surface area contributed by atoms with Gasteiger partial charge in [0.05, 0.1) is 0 Å². The van der Waals surface area contributed by atoms with Gasteiger partial charge in [-0.2, -0.15) is 0 Å². The summed E-state index contributed by atoms with van der Waals surface area (Å²) in [4.78, 5) is 0. The van der Waals surface area contributed by atoms with E-state index in [1.54, 1.807) is 0 Å². The average molecular weight is 597 g/mol. The van der Waals surface area contributed by atoms with Gasteiger partial charge >= 0.3 is 0 Å². The summed E-state index contributed by atoms with van der Waals surface area (Å²) in [6.07, 6.45) is 0. The van der Waals surface area contributed by atoms with E-state index in [9.17, 15) is 0 Å². The second-order valence-corrected chi connectivity index (χ2v) is 12.5. The van der Waals surface area contributed by atoms with Crippen LogP contribution >= 0.6 is 0 Å². The zero-order chi connectivity index (χ0) is 30.9. The van der Waals surface area contributed by atoms with Gasteiger partial charge < -0.3 is 4.42 Å². The molecule has 0 N–H and O–H groups in total. The van der Waals surface area contributed by atoms with E-state index in [-0.39, 0.29) is 0 Å². The van der Waals surface area contributed by atoms with Crippen molar-refractivity contribution in [3.63, 3.8) is 0 Å². The Morgan fingerprint density at radius 3 is 1.81 bits per heavy atom. The van der Waals surface area contributed by atoms with Crippen LogP contribution in [0.2, 0.25) is 0 Å². The fourth-order valence-electron chi connectivity index (χ4n) is 7.58. The van der Waals surface area contributed by atoms with Gasteiger partial charge in [0.25, 0.3) is 0 Å². The van der Waals surface area contributed by atoms with Crippen molar-refractivity contribution in [2.45, 2.75) is 0 Å². The Kier molecular flexibility index (Phi) is 5.64. The van der Waals surface area contributed by atoms with Gasteiger partial charge in [-0.05, 0) is 107 Å². The minimum atomic E-state index is 0.916. The first-order valence-electron chi connectivity index (χ1n) is 16.2. The molecule has 0 spiro atoms. The number of hydrogen-bond acceptors (Lipinski definition) is 1. The Hall–Kier alpha value is -6.18. The van der Waals surface area contributed by atoms with Gasteiger partial charge in [-0.1, -0.05) is 140 Å². The Morgan fingerprint density at radius 2 is 0.957 bits per heavy atom. The van der Waals surface area contributed by atoms with Crippen molar-refractivity contribution in [3.8, 4) is 33.4 Å². The number of hydrogen-bond donors (Lipinski definition) is 0. The smallest absolute Gasteiger partial charge is 0.136 e. The summed E-state index contributed by atoms with van der Waals surface area (Å²) in [6, 6.07) is 61.6. The highest BCUT2D eigenvalue weighted by Crippen LogP contribution is 2.42. The third-order valence-electron chi connectivity index (χ3n) is 9.81. The van der Waals surface area contributed by atoms with Crippen molar-refractivity contribution >= 4 is 65.0 Å². The molecular formula is C46H28O. The molecule has 0 bridgehead atoms. The van der Waals surface area contributed by atoms with Crippen molar-refractivity contribution in [3.05, 3.63) is 170 Å². The summed E-state index contributed by atoms with van der Waals surface area (Å²) < 4.78 is 6.36. The topological polar surface area (TPSA) is 13.1 Å². The van der Waals surface area contributed by atoms with Crippen molar-refractivity contribution < 1.29 is 4.42 Å². The van der Waals surface area contributed by atoms with E-state index in [1.807, 2.05) is 0 Å². The van der Waals surface area contributed by atoms with Crippen LogP contribution in [0.1, 0.15) is 0 Å². The molecule has 0 aliphatic heterocycles. The second kappa shape index (κ2) is 10.2. The van der Waals surface area contributed by atoms with Crippen LogP contribution in [0.4, 0.5) is 0 Å². The van der Waals surface area contributed by atoms with Gasteiger partial charge in [-0.3, -0.25) is 0 Å². The van der Waals surface area contributed by atoms with Crippen LogP contribution < -0.4 is 0 Å². The SMILES string of the molecule is c1cc(-c2ccc(-c3cccc4oc5cc6ccccc6cc5c34)cc2)cc(-c2c3ccccc3cc3c2ccc2ccccc23)c1. The molecule has 1 aromatic heterocycles. The van der Waals surface area contributed by atoms with Crippen molar-refractivity contribution in [1.29, 1.82) is 0 Å². The first-order valence-corrected chi connectivity index (χ1v) is 16.2. The van der Waals surface area contributed by atoms with Crippen LogP contribution in [0.25, 0.3) is 98.4 Å². The maximum absolute atomic E-state index is 6.36. The van der Waals surface area contributed by atoms with E-state index in [0.717, 1.165) is 16.6 Å². The van der Waals surface area contributed by atoms with Crippen LogP contribution in [0, 0.1) is 0 Å². The van der Waals surface area contributed by atoms with Crippen LogP contribution in [-0.2, 0) is 0 Å². The summed E-state index contributed by atoms with van der Waals surface area (Å²) in [6.45, 7) is 0. The van der Waals surface area contributed by atoms with E-state index >= 15 is 0 Å². The molecule has 10 rings (SSSR count). The van der Waals surface area contributed by atoms with Gasteiger partial charge in [-0.15, -0.1) is 0 Å². The van der Waals surface area contributed by atoms with Crippen molar-refractivity contribution in [1.82, 2.24) is 0 Å². The Bertz CT molecular complexity index is 2830. The minimum absolute atomic E-state index is 0.916. The summed E-state index contributed by atoms with van der Waals surface area (Å²) in [5.41, 5.74) is 9.12. The Labute approximate surface area is 271 Å². The monoisotopic (exact) mass is 596 g/mol. The maximum Gasteiger partial charge on any atom is 0.136 e. The largest absolute Gasteiger partial charge is 0.456 e. The van der Waals surface area contributed by atoms with Crippen molar-refractivity contribution in [2.24, 2.45) is 0 Å². The van der Waals surface area contributed by atoms with Crippen LogP contribution in [0.3, 0.4) is 0 Å². The van der Waals surface area contributed by atoms with E-state index in [4.69, 9.17) is 4.42 Å². The lowest BCUT2D eigenvalue weighted by Crippen LogP contribution is -1.88. The quantitative estimate of drug-likeness (QED) is 0.146. The first kappa shape index (κ1) is 26.1. The molecule has 1 heterocycles. The van der Waals surface area contributed by atoms with Gasteiger partial charge in [0.15, 0.2) is 0 Å². The highest BCUT2D eigenvalue weighted by Gasteiger charge is 2.15. The Morgan fingerprint density at radius 1 is 0.298 bits per heavy atom. The number of furan rings is 1. The molecule has 218 valence electrons. The highest BCUT2D eigenvalue weighted by molar-refractivity contribution is 6.20. The average Bonchev–Trinajstić information content (AvgIpc) is 3.50. The number of fused-ring (bicyclic) bond motifs is 8. The maximum atomic E-state index is 6.36. The normalized spacial score (nSPS) is 11.8. The van der Waals surface area contributed by atoms with Crippen LogP contribution in [0.5, 0.6) is 0 Å². The minimum Gasteiger partial charge on any atom is -0.456 e. The number of benzene rings is 9. The molecular weight excluding hydrogens is 569 g/mol. The lowest BCUT2D eigenvalue weighted by molar-refractivity contribution is 0.669. The van der Waals surface area contributed by atoms with E-state index in [2.05, 4.69) is 170 Å². The molecule has 0 amide bonds. The zero-order valence-electron chi connectivity index (χ0n) is 25.6. The van der Waals surface area contributed by atoms with Crippen molar-refractivity contribution in [2.75, 3.05) is 0 Å². The molecule has 1 nitrogen and oxygen atoms in total. The molecule has 47 heavy (non-hydrogen) atoms. The van der Waals surface area contributed by atoms with E-state index in [0.29, 0.717) is 0 Å². The molecule has 1 heteroatoms. The highest BCUT2D eigenvalue weighted by atomic mass is 16.3. The predicted molar refractivity (Wildman–Crippen MR) is 200 cm³/mol. The molecule has 9 aromatic carbocycles. The van der Waals surface area contributed by atoms with Gasteiger partial charge in [0.1, 0.15) is 11.2 Å². The van der Waals surface area contributed by atoms with Crippen LogP contribution in [0.15, 0.2) is 174 Å².